The Morgan fingerprint density at radius 1 is 0.281 bits per heavy atom. The Morgan fingerprint density at radius 2 is 0.807 bits per heavy atom. The van der Waals surface area contributed by atoms with Gasteiger partial charge in [-0.2, -0.15) is 0 Å². The zero-order chi connectivity index (χ0) is 37.5. The smallest absolute Gasteiger partial charge is 0.164 e. The van der Waals surface area contributed by atoms with Gasteiger partial charge in [0.1, 0.15) is 11.2 Å². The van der Waals surface area contributed by atoms with Crippen LogP contribution in [-0.2, 0) is 0 Å². The van der Waals surface area contributed by atoms with E-state index in [1.165, 1.54) is 37.9 Å². The lowest BCUT2D eigenvalue weighted by atomic mass is 9.90. The third-order valence-electron chi connectivity index (χ3n) is 11.4. The first-order valence-corrected chi connectivity index (χ1v) is 19.3. The fourth-order valence-corrected chi connectivity index (χ4v) is 8.71. The van der Waals surface area contributed by atoms with E-state index in [0.717, 1.165) is 66.1 Å². The number of rotatable bonds is 5. The van der Waals surface area contributed by atoms with Crippen LogP contribution < -0.4 is 0 Å². The van der Waals surface area contributed by atoms with Gasteiger partial charge in [0.15, 0.2) is 17.5 Å². The average Bonchev–Trinajstić information content (AvgIpc) is 3.67. The van der Waals surface area contributed by atoms with Crippen molar-refractivity contribution in [2.45, 2.75) is 0 Å². The molecule has 0 N–H and O–H groups in total. The fourth-order valence-electron chi connectivity index (χ4n) is 8.71. The van der Waals surface area contributed by atoms with Gasteiger partial charge in [-0.25, -0.2) is 15.0 Å². The van der Waals surface area contributed by atoms with E-state index in [1.54, 1.807) is 0 Å². The zero-order valence-corrected chi connectivity index (χ0v) is 30.6. The molecule has 0 bridgehead atoms. The number of aromatic nitrogens is 3. The van der Waals surface area contributed by atoms with Gasteiger partial charge in [-0.3, -0.25) is 0 Å². The molecule has 0 saturated heterocycles. The van der Waals surface area contributed by atoms with Crippen LogP contribution in [-0.4, -0.2) is 15.0 Å². The molecule has 0 unspecified atom stereocenters. The van der Waals surface area contributed by atoms with E-state index in [4.69, 9.17) is 19.4 Å². The molecule has 12 aromatic rings. The van der Waals surface area contributed by atoms with Crippen molar-refractivity contribution in [1.82, 2.24) is 15.0 Å². The SMILES string of the molecule is c1ccc(-c2cc3oc4cc(-c5cccc(-c6nc(-c7ccc8ccccc8c7)nc(-c7cccc8ccccc78)n6)c5)cc5c6ccccc6c(c2)c3c45)cc1. The summed E-state index contributed by atoms with van der Waals surface area (Å²) in [6.07, 6.45) is 0. The molecule has 12 rings (SSSR count). The monoisotopic (exact) mass is 725 g/mol. The number of furan rings is 1. The molecule has 2 heterocycles. The van der Waals surface area contributed by atoms with Crippen LogP contribution in [0.3, 0.4) is 0 Å². The molecule has 4 heteroatoms. The van der Waals surface area contributed by atoms with Crippen molar-refractivity contribution in [3.63, 3.8) is 0 Å². The second-order valence-corrected chi connectivity index (χ2v) is 14.8. The molecule has 264 valence electrons. The first-order valence-electron chi connectivity index (χ1n) is 19.3. The second-order valence-electron chi connectivity index (χ2n) is 14.8. The Hall–Kier alpha value is -7.69. The molecule has 0 atom stereocenters. The summed E-state index contributed by atoms with van der Waals surface area (Å²) in [6.45, 7) is 0. The van der Waals surface area contributed by atoms with Crippen LogP contribution in [0.5, 0.6) is 0 Å². The van der Waals surface area contributed by atoms with Gasteiger partial charge in [0, 0.05) is 27.5 Å². The van der Waals surface area contributed by atoms with Crippen molar-refractivity contribution in [3.05, 3.63) is 188 Å². The lowest BCUT2D eigenvalue weighted by Gasteiger charge is -2.12. The Balaban J connectivity index is 1.05. The Morgan fingerprint density at radius 3 is 1.54 bits per heavy atom. The molecule has 0 aliphatic carbocycles. The molecule has 4 nitrogen and oxygen atoms in total. The maximum absolute atomic E-state index is 6.79. The third-order valence-corrected chi connectivity index (χ3v) is 11.4. The number of benzene rings is 10. The van der Waals surface area contributed by atoms with Crippen LogP contribution in [0, 0.1) is 0 Å². The van der Waals surface area contributed by atoms with Gasteiger partial charge in [0.2, 0.25) is 0 Å². The minimum Gasteiger partial charge on any atom is -0.456 e. The summed E-state index contributed by atoms with van der Waals surface area (Å²) in [4.78, 5) is 15.5. The minimum atomic E-state index is 0.618. The van der Waals surface area contributed by atoms with Crippen molar-refractivity contribution in [3.8, 4) is 56.4 Å². The summed E-state index contributed by atoms with van der Waals surface area (Å²) < 4.78 is 6.79. The van der Waals surface area contributed by atoms with E-state index in [0.29, 0.717) is 17.5 Å². The van der Waals surface area contributed by atoms with Crippen molar-refractivity contribution in [1.29, 1.82) is 0 Å². The van der Waals surface area contributed by atoms with Gasteiger partial charge in [0.05, 0.1) is 0 Å². The molecule has 0 spiro atoms. The van der Waals surface area contributed by atoms with E-state index < -0.39 is 0 Å². The maximum atomic E-state index is 6.79. The lowest BCUT2D eigenvalue weighted by molar-refractivity contribution is 0.669. The van der Waals surface area contributed by atoms with Crippen LogP contribution in [0.1, 0.15) is 0 Å². The van der Waals surface area contributed by atoms with E-state index in [9.17, 15) is 0 Å². The van der Waals surface area contributed by atoms with Gasteiger partial charge in [0.25, 0.3) is 0 Å². The second kappa shape index (κ2) is 12.4. The number of nitrogens with zero attached hydrogens (tertiary/aromatic N) is 3. The normalized spacial score (nSPS) is 11.9. The largest absolute Gasteiger partial charge is 0.456 e. The number of hydrogen-bond acceptors (Lipinski definition) is 4. The van der Waals surface area contributed by atoms with Crippen molar-refractivity contribution in [2.75, 3.05) is 0 Å². The van der Waals surface area contributed by atoms with Gasteiger partial charge < -0.3 is 4.42 Å². The minimum absolute atomic E-state index is 0.618. The summed E-state index contributed by atoms with van der Waals surface area (Å²) in [6, 6.07) is 66.3. The van der Waals surface area contributed by atoms with Gasteiger partial charge >= 0.3 is 0 Å². The van der Waals surface area contributed by atoms with Crippen molar-refractivity contribution in [2.24, 2.45) is 0 Å². The Bertz CT molecular complexity index is 3530. The molecule has 0 amide bonds. The highest BCUT2D eigenvalue weighted by atomic mass is 16.3. The van der Waals surface area contributed by atoms with Gasteiger partial charge in [-0.1, -0.05) is 152 Å². The first kappa shape index (κ1) is 31.6. The van der Waals surface area contributed by atoms with E-state index in [-0.39, 0.29) is 0 Å². The quantitative estimate of drug-likeness (QED) is 0.166. The summed E-state index contributed by atoms with van der Waals surface area (Å²) in [5, 5.41) is 11.7. The molecule has 0 saturated carbocycles. The summed E-state index contributed by atoms with van der Waals surface area (Å²) >= 11 is 0. The summed E-state index contributed by atoms with van der Waals surface area (Å²) in [5.74, 6) is 1.89. The van der Waals surface area contributed by atoms with Crippen LogP contribution in [0.4, 0.5) is 0 Å². The highest BCUT2D eigenvalue weighted by molar-refractivity contribution is 6.34. The molecule has 10 aromatic carbocycles. The van der Waals surface area contributed by atoms with Crippen LogP contribution >= 0.6 is 0 Å². The maximum Gasteiger partial charge on any atom is 0.164 e. The molecular formula is C53H31N3O. The standard InChI is InChI=1S/C53H31N3O/c1-2-12-32(13-3-1)39-28-45-42-21-8-9-22-43(42)46-29-40(31-48-50(46)49(45)47(30-39)57-48)36-18-10-19-37(27-36)51-54-52(38-25-24-33-14-4-5-16-35(33)26-38)56-53(55-51)44-23-11-17-34-15-6-7-20-41(34)44/h1-31H. The van der Waals surface area contributed by atoms with Crippen LogP contribution in [0.2, 0.25) is 0 Å². The summed E-state index contributed by atoms with van der Waals surface area (Å²) in [7, 11) is 0. The van der Waals surface area contributed by atoms with Crippen LogP contribution in [0.15, 0.2) is 192 Å². The van der Waals surface area contributed by atoms with E-state index >= 15 is 0 Å². The molecule has 0 aliphatic rings. The first-order chi connectivity index (χ1) is 28.2. The molecule has 2 aromatic heterocycles. The Kier molecular flexibility index (Phi) is 6.89. The van der Waals surface area contributed by atoms with Gasteiger partial charge in [-0.05, 0) is 102 Å². The van der Waals surface area contributed by atoms with E-state index in [1.807, 2.05) is 0 Å². The third kappa shape index (κ3) is 5.12. The zero-order valence-electron chi connectivity index (χ0n) is 30.6. The lowest BCUT2D eigenvalue weighted by Crippen LogP contribution is -2.00. The predicted molar refractivity (Wildman–Crippen MR) is 235 cm³/mol. The molecular weight excluding hydrogens is 695 g/mol. The van der Waals surface area contributed by atoms with Crippen molar-refractivity contribution < 1.29 is 4.42 Å². The van der Waals surface area contributed by atoms with Crippen LogP contribution in [0.25, 0.3) is 121 Å². The number of hydrogen-bond donors (Lipinski definition) is 0. The average molecular weight is 726 g/mol. The molecule has 0 fully saturated rings. The molecule has 0 aliphatic heterocycles. The molecule has 57 heavy (non-hydrogen) atoms. The summed E-state index contributed by atoms with van der Waals surface area (Å²) in [5.41, 5.74) is 9.03. The number of fused-ring (bicyclic) bond motifs is 5. The van der Waals surface area contributed by atoms with Crippen molar-refractivity contribution >= 4 is 65.0 Å². The van der Waals surface area contributed by atoms with E-state index in [2.05, 4.69) is 188 Å². The highest BCUT2D eigenvalue weighted by Crippen LogP contribution is 2.46. The predicted octanol–water partition coefficient (Wildman–Crippen LogP) is 14.2. The fraction of sp³-hybridized carbons (Fsp3) is 0. The highest BCUT2D eigenvalue weighted by Gasteiger charge is 2.21. The van der Waals surface area contributed by atoms with Gasteiger partial charge in [-0.15, -0.1) is 0 Å². The Labute approximate surface area is 327 Å². The molecule has 0 radical (unpaired) electrons. The topological polar surface area (TPSA) is 51.8 Å².